The summed E-state index contributed by atoms with van der Waals surface area (Å²) in [5, 5.41) is 12.5. The SMILES string of the molecule is CC1C(=O)NC2=Nc3ccc(OCCCCCC(=O)N(CC(=O)O)C4CCCCC4)c(Cl)c3CN21. The molecular weight excluding hydrogens is 472 g/mol. The van der Waals surface area contributed by atoms with Crippen molar-refractivity contribution in [3.63, 3.8) is 0 Å². The summed E-state index contributed by atoms with van der Waals surface area (Å²) < 4.78 is 5.91. The van der Waals surface area contributed by atoms with Crippen LogP contribution in [0.4, 0.5) is 5.69 Å². The Bertz CT molecular complexity index is 1010. The van der Waals surface area contributed by atoms with Gasteiger partial charge in [-0.1, -0.05) is 30.9 Å². The molecule has 1 saturated heterocycles. The molecule has 2 aliphatic heterocycles. The number of guanidine groups is 1. The van der Waals surface area contributed by atoms with E-state index in [2.05, 4.69) is 10.3 Å². The van der Waals surface area contributed by atoms with E-state index in [0.29, 0.717) is 42.7 Å². The van der Waals surface area contributed by atoms with Crippen LogP contribution in [0.2, 0.25) is 5.02 Å². The normalized spacial score (nSPS) is 19.5. The molecule has 0 aromatic heterocycles. The summed E-state index contributed by atoms with van der Waals surface area (Å²) in [6.07, 6.45) is 7.64. The molecule has 1 saturated carbocycles. The van der Waals surface area contributed by atoms with Crippen molar-refractivity contribution in [2.45, 2.75) is 83.3 Å². The molecule has 1 atom stereocenters. The zero-order valence-electron chi connectivity index (χ0n) is 20.1. The highest BCUT2D eigenvalue weighted by atomic mass is 35.5. The first-order chi connectivity index (χ1) is 16.8. The average Bonchev–Trinajstić information content (AvgIpc) is 3.12. The van der Waals surface area contributed by atoms with Gasteiger partial charge in [0.25, 0.3) is 0 Å². The second-order valence-corrected chi connectivity index (χ2v) is 9.85. The van der Waals surface area contributed by atoms with Gasteiger partial charge in [-0.25, -0.2) is 4.99 Å². The Kier molecular flexibility index (Phi) is 8.15. The number of rotatable bonds is 10. The molecule has 190 valence electrons. The Morgan fingerprint density at radius 3 is 2.74 bits per heavy atom. The highest BCUT2D eigenvalue weighted by molar-refractivity contribution is 6.33. The summed E-state index contributed by atoms with van der Waals surface area (Å²) >= 11 is 6.61. The molecular formula is C25H33ClN4O5. The number of hydrogen-bond acceptors (Lipinski definition) is 6. The van der Waals surface area contributed by atoms with Crippen molar-refractivity contribution in [2.75, 3.05) is 13.2 Å². The smallest absolute Gasteiger partial charge is 0.323 e. The molecule has 2 amide bonds. The number of carbonyl (C=O) groups excluding carboxylic acids is 2. The number of fused-ring (bicyclic) bond motifs is 2. The third kappa shape index (κ3) is 5.89. The summed E-state index contributed by atoms with van der Waals surface area (Å²) in [7, 11) is 0. The van der Waals surface area contributed by atoms with Crippen LogP contribution in [0.5, 0.6) is 5.75 Å². The van der Waals surface area contributed by atoms with Gasteiger partial charge in [-0.3, -0.25) is 19.7 Å². The minimum absolute atomic E-state index is 0.0553. The Labute approximate surface area is 210 Å². The number of ether oxygens (including phenoxy) is 1. The second kappa shape index (κ2) is 11.3. The number of nitrogens with zero attached hydrogens (tertiary/aromatic N) is 3. The first-order valence-electron chi connectivity index (χ1n) is 12.5. The molecule has 4 rings (SSSR count). The van der Waals surface area contributed by atoms with Gasteiger partial charge in [0.2, 0.25) is 17.8 Å². The van der Waals surface area contributed by atoms with Crippen LogP contribution in [0.25, 0.3) is 0 Å². The van der Waals surface area contributed by atoms with Crippen molar-refractivity contribution in [3.05, 3.63) is 22.7 Å². The van der Waals surface area contributed by atoms with Crippen LogP contribution < -0.4 is 10.1 Å². The number of carboxylic acids is 1. The van der Waals surface area contributed by atoms with Crippen LogP contribution in [0, 0.1) is 0 Å². The van der Waals surface area contributed by atoms with Gasteiger partial charge in [-0.15, -0.1) is 0 Å². The Morgan fingerprint density at radius 1 is 1.23 bits per heavy atom. The minimum Gasteiger partial charge on any atom is -0.492 e. The number of unbranched alkanes of at least 4 members (excludes halogenated alkanes) is 2. The van der Waals surface area contributed by atoms with Gasteiger partial charge in [0, 0.05) is 18.0 Å². The van der Waals surface area contributed by atoms with E-state index in [1.807, 2.05) is 17.9 Å². The van der Waals surface area contributed by atoms with Crippen molar-refractivity contribution >= 4 is 41.0 Å². The number of halogens is 1. The predicted octanol–water partition coefficient (Wildman–Crippen LogP) is 3.85. The molecule has 2 fully saturated rings. The lowest BCUT2D eigenvalue weighted by Gasteiger charge is -2.33. The Balaban J connectivity index is 1.23. The molecule has 1 aliphatic carbocycles. The number of benzene rings is 1. The number of carbonyl (C=O) groups is 3. The van der Waals surface area contributed by atoms with Gasteiger partial charge in [0.1, 0.15) is 18.3 Å². The van der Waals surface area contributed by atoms with Crippen molar-refractivity contribution in [1.82, 2.24) is 15.1 Å². The van der Waals surface area contributed by atoms with Crippen molar-refractivity contribution in [2.24, 2.45) is 4.99 Å². The summed E-state index contributed by atoms with van der Waals surface area (Å²) in [5.41, 5.74) is 1.56. The fourth-order valence-electron chi connectivity index (χ4n) is 5.00. The maximum absolute atomic E-state index is 12.7. The van der Waals surface area contributed by atoms with E-state index < -0.39 is 5.97 Å². The largest absolute Gasteiger partial charge is 0.492 e. The van der Waals surface area contributed by atoms with E-state index in [-0.39, 0.29) is 30.4 Å². The lowest BCUT2D eigenvalue weighted by Crippen LogP contribution is -2.44. The zero-order valence-corrected chi connectivity index (χ0v) is 20.9. The third-order valence-corrected chi connectivity index (χ3v) is 7.44. The van der Waals surface area contributed by atoms with Gasteiger partial charge in [0.15, 0.2) is 0 Å². The highest BCUT2D eigenvalue weighted by Crippen LogP contribution is 2.39. The Hall–Kier alpha value is -2.81. The van der Waals surface area contributed by atoms with Gasteiger partial charge in [-0.05, 0) is 51.2 Å². The van der Waals surface area contributed by atoms with Crippen LogP contribution >= 0.6 is 11.6 Å². The molecule has 3 aliphatic rings. The minimum atomic E-state index is -0.955. The first kappa shape index (κ1) is 25.3. The fraction of sp³-hybridized carbons (Fsp3) is 0.600. The highest BCUT2D eigenvalue weighted by Gasteiger charge is 2.37. The summed E-state index contributed by atoms with van der Waals surface area (Å²) in [5.74, 6) is 0.0357. The van der Waals surface area contributed by atoms with Crippen LogP contribution in [-0.4, -0.2) is 63.9 Å². The molecule has 9 nitrogen and oxygen atoms in total. The zero-order chi connectivity index (χ0) is 24.9. The molecule has 1 unspecified atom stereocenters. The van der Waals surface area contributed by atoms with E-state index in [1.165, 1.54) is 0 Å². The van der Waals surface area contributed by atoms with Crippen LogP contribution in [0.15, 0.2) is 17.1 Å². The molecule has 0 radical (unpaired) electrons. The fourth-order valence-corrected chi connectivity index (χ4v) is 5.27. The number of nitrogens with one attached hydrogen (secondary N) is 1. The lowest BCUT2D eigenvalue weighted by atomic mass is 9.94. The van der Waals surface area contributed by atoms with E-state index in [9.17, 15) is 19.5 Å². The topological polar surface area (TPSA) is 112 Å². The van der Waals surface area contributed by atoms with Crippen LogP contribution in [0.3, 0.4) is 0 Å². The quantitative estimate of drug-likeness (QED) is 0.468. The number of carboxylic acid groups (broad SMARTS) is 1. The molecule has 1 aromatic carbocycles. The van der Waals surface area contributed by atoms with Crippen LogP contribution in [0.1, 0.15) is 70.3 Å². The summed E-state index contributed by atoms with van der Waals surface area (Å²) in [6, 6.07) is 3.39. The number of aliphatic carboxylic acids is 1. The molecule has 0 spiro atoms. The van der Waals surface area contributed by atoms with Gasteiger partial charge in [0.05, 0.1) is 23.9 Å². The maximum atomic E-state index is 12.7. The predicted molar refractivity (Wildman–Crippen MR) is 132 cm³/mol. The van der Waals surface area contributed by atoms with Crippen molar-refractivity contribution in [1.29, 1.82) is 0 Å². The Morgan fingerprint density at radius 2 is 2.00 bits per heavy atom. The molecule has 2 heterocycles. The van der Waals surface area contributed by atoms with E-state index in [1.54, 1.807) is 11.0 Å². The van der Waals surface area contributed by atoms with Gasteiger partial charge in [-0.2, -0.15) is 0 Å². The third-order valence-electron chi connectivity index (χ3n) is 7.03. The standard InChI is InChI=1S/C25H33ClN4O5/c1-16-24(34)28-25-27-19-11-12-20(23(26)18(19)14-29(16)25)35-13-7-3-6-10-21(31)30(15-22(32)33)17-8-4-2-5-9-17/h11-12,16-17H,2-10,13-15H2,1H3,(H,32,33)(H,27,28,34). The molecule has 2 N–H and O–H groups in total. The molecule has 35 heavy (non-hydrogen) atoms. The summed E-state index contributed by atoms with van der Waals surface area (Å²) in [6.45, 7) is 2.57. The van der Waals surface area contributed by atoms with Gasteiger partial charge >= 0.3 is 5.97 Å². The first-order valence-corrected chi connectivity index (χ1v) is 12.8. The average molecular weight is 505 g/mol. The van der Waals surface area contributed by atoms with Gasteiger partial charge < -0.3 is 19.6 Å². The monoisotopic (exact) mass is 504 g/mol. The molecule has 1 aromatic rings. The summed E-state index contributed by atoms with van der Waals surface area (Å²) in [4.78, 5) is 43.9. The van der Waals surface area contributed by atoms with Crippen molar-refractivity contribution < 1.29 is 24.2 Å². The van der Waals surface area contributed by atoms with E-state index >= 15 is 0 Å². The van der Waals surface area contributed by atoms with Crippen molar-refractivity contribution in [3.8, 4) is 5.75 Å². The van der Waals surface area contributed by atoms with Crippen LogP contribution in [-0.2, 0) is 20.9 Å². The number of amides is 2. The lowest BCUT2D eigenvalue weighted by molar-refractivity contribution is -0.146. The number of aliphatic imine (C=N–C) groups is 1. The maximum Gasteiger partial charge on any atom is 0.323 e. The van der Waals surface area contributed by atoms with E-state index in [4.69, 9.17) is 16.3 Å². The molecule has 10 heteroatoms. The van der Waals surface area contributed by atoms with E-state index in [0.717, 1.165) is 56.2 Å². The second-order valence-electron chi connectivity index (χ2n) is 9.47. The number of hydrogen-bond donors (Lipinski definition) is 2. The molecule has 0 bridgehead atoms.